The maximum Gasteiger partial charge on any atom is 0.253 e. The van der Waals surface area contributed by atoms with Gasteiger partial charge in [0.1, 0.15) is 6.10 Å². The van der Waals surface area contributed by atoms with Crippen LogP contribution in [-0.2, 0) is 4.74 Å². The van der Waals surface area contributed by atoms with Gasteiger partial charge in [-0.15, -0.1) is 0 Å². The van der Waals surface area contributed by atoms with E-state index in [4.69, 9.17) is 9.47 Å². The van der Waals surface area contributed by atoms with E-state index in [1.165, 1.54) is 19.3 Å². The van der Waals surface area contributed by atoms with Gasteiger partial charge in [0.25, 0.3) is 5.91 Å². The summed E-state index contributed by atoms with van der Waals surface area (Å²) in [5, 5.41) is 3.14. The van der Waals surface area contributed by atoms with Gasteiger partial charge in [-0.1, -0.05) is 19.8 Å². The predicted molar refractivity (Wildman–Crippen MR) is 83.0 cm³/mol. The molecular formula is C17H24N2O3. The molecule has 2 aliphatic rings. The molecule has 0 radical (unpaired) electrons. The average Bonchev–Trinajstić information content (AvgIpc) is 3.03. The summed E-state index contributed by atoms with van der Waals surface area (Å²) < 4.78 is 11.0. The number of aromatic nitrogens is 1. The topological polar surface area (TPSA) is 60.5 Å². The van der Waals surface area contributed by atoms with Crippen LogP contribution >= 0.6 is 0 Å². The Labute approximate surface area is 131 Å². The first kappa shape index (κ1) is 15.3. The summed E-state index contributed by atoms with van der Waals surface area (Å²) in [6.45, 7) is 3.57. The first-order chi connectivity index (χ1) is 10.7. The van der Waals surface area contributed by atoms with Crippen LogP contribution in [0.5, 0.6) is 5.88 Å². The second-order valence-electron chi connectivity index (χ2n) is 6.33. The molecule has 1 aromatic heterocycles. The number of carbonyl (C=O) groups excluding carboxylic acids is 1. The van der Waals surface area contributed by atoms with Crippen molar-refractivity contribution in [3.63, 3.8) is 0 Å². The molecule has 1 aliphatic carbocycles. The fourth-order valence-corrected chi connectivity index (χ4v) is 3.14. The largest absolute Gasteiger partial charge is 0.472 e. The van der Waals surface area contributed by atoms with E-state index >= 15 is 0 Å². The molecule has 22 heavy (non-hydrogen) atoms. The van der Waals surface area contributed by atoms with E-state index in [-0.39, 0.29) is 18.1 Å². The number of rotatable bonds is 4. The Kier molecular flexibility index (Phi) is 4.93. The van der Waals surface area contributed by atoms with Gasteiger partial charge < -0.3 is 14.8 Å². The summed E-state index contributed by atoms with van der Waals surface area (Å²) in [4.78, 5) is 16.5. The molecule has 1 aromatic rings. The number of carbonyl (C=O) groups is 1. The lowest BCUT2D eigenvalue weighted by Crippen LogP contribution is -2.41. The van der Waals surface area contributed by atoms with Crippen LogP contribution in [0.4, 0.5) is 0 Å². The van der Waals surface area contributed by atoms with Crippen LogP contribution in [0.1, 0.15) is 49.4 Å². The molecule has 5 nitrogen and oxygen atoms in total. The van der Waals surface area contributed by atoms with Crippen molar-refractivity contribution in [2.45, 2.75) is 51.2 Å². The first-order valence-corrected chi connectivity index (χ1v) is 8.23. The van der Waals surface area contributed by atoms with Crippen LogP contribution < -0.4 is 10.1 Å². The Balaban J connectivity index is 1.55. The zero-order chi connectivity index (χ0) is 15.4. The van der Waals surface area contributed by atoms with E-state index in [1.807, 2.05) is 0 Å². The smallest absolute Gasteiger partial charge is 0.253 e. The Bertz CT molecular complexity index is 497. The minimum atomic E-state index is -0.0398. The molecule has 1 N–H and O–H groups in total. The summed E-state index contributed by atoms with van der Waals surface area (Å²) in [5.74, 6) is 1.07. The van der Waals surface area contributed by atoms with Gasteiger partial charge in [-0.3, -0.25) is 4.79 Å². The molecular weight excluding hydrogens is 280 g/mol. The van der Waals surface area contributed by atoms with Crippen LogP contribution in [0.2, 0.25) is 0 Å². The Morgan fingerprint density at radius 1 is 1.32 bits per heavy atom. The van der Waals surface area contributed by atoms with Gasteiger partial charge in [0.2, 0.25) is 5.88 Å². The molecule has 2 fully saturated rings. The normalized spacial score (nSPS) is 28.3. The number of amides is 1. The standard InChI is InChI=1S/C17H24N2O3/c1-12-4-2-3-5-15(12)19-17(20)13-6-7-16(18-10-13)22-14-8-9-21-11-14/h6-7,10,12,14-15H,2-5,8-9,11H2,1H3,(H,19,20). The number of hydrogen-bond acceptors (Lipinski definition) is 4. The third kappa shape index (κ3) is 3.77. The van der Waals surface area contributed by atoms with E-state index in [0.717, 1.165) is 19.4 Å². The molecule has 0 spiro atoms. The van der Waals surface area contributed by atoms with Crippen molar-refractivity contribution >= 4 is 5.91 Å². The Hall–Kier alpha value is -1.62. The summed E-state index contributed by atoms with van der Waals surface area (Å²) in [5.41, 5.74) is 0.591. The molecule has 3 atom stereocenters. The highest BCUT2D eigenvalue weighted by Crippen LogP contribution is 2.24. The summed E-state index contributed by atoms with van der Waals surface area (Å²) >= 11 is 0. The van der Waals surface area contributed by atoms with Gasteiger partial charge in [-0.05, 0) is 24.8 Å². The van der Waals surface area contributed by atoms with E-state index in [2.05, 4.69) is 17.2 Å². The molecule has 2 heterocycles. The zero-order valence-corrected chi connectivity index (χ0v) is 13.1. The molecule has 0 aromatic carbocycles. The maximum atomic E-state index is 12.3. The van der Waals surface area contributed by atoms with Crippen molar-refractivity contribution in [2.75, 3.05) is 13.2 Å². The molecule has 1 amide bonds. The van der Waals surface area contributed by atoms with Crippen molar-refractivity contribution in [3.8, 4) is 5.88 Å². The Morgan fingerprint density at radius 2 is 2.18 bits per heavy atom. The second-order valence-corrected chi connectivity index (χ2v) is 6.33. The first-order valence-electron chi connectivity index (χ1n) is 8.23. The van der Waals surface area contributed by atoms with Gasteiger partial charge in [0.05, 0.1) is 18.8 Å². The maximum absolute atomic E-state index is 12.3. The molecule has 0 bridgehead atoms. The fraction of sp³-hybridized carbons (Fsp3) is 0.647. The lowest BCUT2D eigenvalue weighted by atomic mass is 9.86. The molecule has 1 saturated heterocycles. The summed E-state index contributed by atoms with van der Waals surface area (Å²) in [6, 6.07) is 3.83. The summed E-state index contributed by atoms with van der Waals surface area (Å²) in [6.07, 6.45) is 7.30. The van der Waals surface area contributed by atoms with Crippen molar-refractivity contribution in [1.29, 1.82) is 0 Å². The van der Waals surface area contributed by atoms with Crippen molar-refractivity contribution in [2.24, 2.45) is 5.92 Å². The number of pyridine rings is 1. The number of hydrogen-bond donors (Lipinski definition) is 1. The highest BCUT2D eigenvalue weighted by molar-refractivity contribution is 5.94. The highest BCUT2D eigenvalue weighted by atomic mass is 16.5. The van der Waals surface area contributed by atoms with E-state index < -0.39 is 0 Å². The number of ether oxygens (including phenoxy) is 2. The van der Waals surface area contributed by atoms with E-state index in [9.17, 15) is 4.79 Å². The quantitative estimate of drug-likeness (QED) is 0.928. The van der Waals surface area contributed by atoms with Crippen LogP contribution in [0, 0.1) is 5.92 Å². The van der Waals surface area contributed by atoms with Crippen molar-refractivity contribution < 1.29 is 14.3 Å². The molecule has 3 unspecified atom stereocenters. The Morgan fingerprint density at radius 3 is 2.86 bits per heavy atom. The van der Waals surface area contributed by atoms with E-state index in [0.29, 0.717) is 24.0 Å². The predicted octanol–water partition coefficient (Wildman–Crippen LogP) is 2.56. The molecule has 5 heteroatoms. The fourth-order valence-electron chi connectivity index (χ4n) is 3.14. The third-order valence-electron chi connectivity index (χ3n) is 4.60. The zero-order valence-electron chi connectivity index (χ0n) is 13.1. The molecule has 1 saturated carbocycles. The number of nitrogens with one attached hydrogen (secondary N) is 1. The minimum absolute atomic E-state index is 0.0398. The van der Waals surface area contributed by atoms with Gasteiger partial charge in [-0.25, -0.2) is 4.98 Å². The van der Waals surface area contributed by atoms with Gasteiger partial charge in [-0.2, -0.15) is 0 Å². The van der Waals surface area contributed by atoms with Crippen LogP contribution in [-0.4, -0.2) is 36.3 Å². The van der Waals surface area contributed by atoms with Gasteiger partial charge in [0, 0.05) is 24.7 Å². The van der Waals surface area contributed by atoms with Crippen molar-refractivity contribution in [1.82, 2.24) is 10.3 Å². The lowest BCUT2D eigenvalue weighted by molar-refractivity contribution is 0.0909. The van der Waals surface area contributed by atoms with Gasteiger partial charge >= 0.3 is 0 Å². The van der Waals surface area contributed by atoms with Crippen LogP contribution in [0.25, 0.3) is 0 Å². The van der Waals surface area contributed by atoms with Crippen LogP contribution in [0.15, 0.2) is 18.3 Å². The minimum Gasteiger partial charge on any atom is -0.472 e. The van der Waals surface area contributed by atoms with Crippen molar-refractivity contribution in [3.05, 3.63) is 23.9 Å². The SMILES string of the molecule is CC1CCCCC1NC(=O)c1ccc(OC2CCOC2)nc1. The lowest BCUT2D eigenvalue weighted by Gasteiger charge is -2.29. The highest BCUT2D eigenvalue weighted by Gasteiger charge is 2.23. The third-order valence-corrected chi connectivity index (χ3v) is 4.60. The molecule has 120 valence electrons. The van der Waals surface area contributed by atoms with Gasteiger partial charge in [0.15, 0.2) is 0 Å². The average molecular weight is 304 g/mol. The summed E-state index contributed by atoms with van der Waals surface area (Å²) in [7, 11) is 0. The molecule has 3 rings (SSSR count). The number of nitrogens with zero attached hydrogens (tertiary/aromatic N) is 1. The van der Waals surface area contributed by atoms with Crippen LogP contribution in [0.3, 0.4) is 0 Å². The molecule has 1 aliphatic heterocycles. The van der Waals surface area contributed by atoms with E-state index in [1.54, 1.807) is 18.3 Å². The second kappa shape index (κ2) is 7.09. The monoisotopic (exact) mass is 304 g/mol.